The molecule has 1 fully saturated rings. The smallest absolute Gasteiger partial charge is 0.143 e. The lowest BCUT2D eigenvalue weighted by Crippen LogP contribution is -2.33. The SMILES string of the molecule is CCC(Nc1ncncc1I)C1CCC1. The first-order chi connectivity index (χ1) is 7.31. The van der Waals surface area contributed by atoms with Gasteiger partial charge in [-0.1, -0.05) is 13.3 Å². The minimum atomic E-state index is 0.585. The Hall–Kier alpha value is -0.390. The largest absolute Gasteiger partial charge is 0.366 e. The molecule has 4 heteroatoms. The van der Waals surface area contributed by atoms with Crippen molar-refractivity contribution in [2.75, 3.05) is 5.32 Å². The maximum atomic E-state index is 4.28. The summed E-state index contributed by atoms with van der Waals surface area (Å²) in [5.41, 5.74) is 0. The Morgan fingerprint density at radius 1 is 1.60 bits per heavy atom. The molecule has 1 atom stereocenters. The molecule has 82 valence electrons. The van der Waals surface area contributed by atoms with Crippen LogP contribution in [0.5, 0.6) is 0 Å². The molecule has 0 spiro atoms. The molecular weight excluding hydrogens is 301 g/mol. The molecule has 0 saturated heterocycles. The van der Waals surface area contributed by atoms with Crippen LogP contribution in [0.15, 0.2) is 12.5 Å². The summed E-state index contributed by atoms with van der Waals surface area (Å²) in [5.74, 6) is 1.84. The van der Waals surface area contributed by atoms with E-state index in [2.05, 4.69) is 44.8 Å². The zero-order valence-electron chi connectivity index (χ0n) is 8.91. The van der Waals surface area contributed by atoms with Crippen LogP contribution < -0.4 is 5.32 Å². The van der Waals surface area contributed by atoms with E-state index in [1.807, 2.05) is 6.20 Å². The van der Waals surface area contributed by atoms with E-state index in [1.165, 1.54) is 25.7 Å². The summed E-state index contributed by atoms with van der Waals surface area (Å²) in [6.45, 7) is 2.24. The second-order valence-electron chi connectivity index (χ2n) is 4.07. The van der Waals surface area contributed by atoms with E-state index in [-0.39, 0.29) is 0 Å². The molecule has 1 aliphatic carbocycles. The molecule has 15 heavy (non-hydrogen) atoms. The number of aromatic nitrogens is 2. The quantitative estimate of drug-likeness (QED) is 0.867. The van der Waals surface area contributed by atoms with Crippen molar-refractivity contribution in [3.63, 3.8) is 0 Å². The normalized spacial score (nSPS) is 18.3. The van der Waals surface area contributed by atoms with Crippen LogP contribution >= 0.6 is 22.6 Å². The van der Waals surface area contributed by atoms with Crippen LogP contribution in [0.2, 0.25) is 0 Å². The average Bonchev–Trinajstić information content (AvgIpc) is 2.17. The molecule has 1 heterocycles. The third-order valence-corrected chi connectivity index (χ3v) is 3.94. The van der Waals surface area contributed by atoms with Crippen molar-refractivity contribution in [3.8, 4) is 0 Å². The van der Waals surface area contributed by atoms with Gasteiger partial charge in [-0.25, -0.2) is 9.97 Å². The molecule has 1 aliphatic rings. The van der Waals surface area contributed by atoms with Gasteiger partial charge < -0.3 is 5.32 Å². The highest BCUT2D eigenvalue weighted by Crippen LogP contribution is 2.32. The van der Waals surface area contributed by atoms with Crippen molar-refractivity contribution in [3.05, 3.63) is 16.1 Å². The van der Waals surface area contributed by atoms with Crippen molar-refractivity contribution < 1.29 is 0 Å². The topological polar surface area (TPSA) is 37.8 Å². The number of rotatable bonds is 4. The first kappa shape index (κ1) is 11.1. The van der Waals surface area contributed by atoms with Crippen molar-refractivity contribution in [1.82, 2.24) is 9.97 Å². The van der Waals surface area contributed by atoms with Crippen LogP contribution in [0, 0.1) is 9.49 Å². The van der Waals surface area contributed by atoms with E-state index in [1.54, 1.807) is 6.33 Å². The Labute approximate surface area is 104 Å². The maximum Gasteiger partial charge on any atom is 0.143 e. The highest BCUT2D eigenvalue weighted by molar-refractivity contribution is 14.1. The van der Waals surface area contributed by atoms with Gasteiger partial charge in [0, 0.05) is 12.2 Å². The molecular formula is C11H16IN3. The summed E-state index contributed by atoms with van der Waals surface area (Å²) in [4.78, 5) is 8.28. The molecule has 3 nitrogen and oxygen atoms in total. The molecule has 1 aromatic heterocycles. The van der Waals surface area contributed by atoms with Gasteiger partial charge in [-0.3, -0.25) is 0 Å². The number of halogens is 1. The molecule has 1 aromatic rings. The standard InChI is InChI=1S/C11H16IN3/c1-2-10(8-4-3-5-8)15-11-9(12)6-13-7-14-11/h6-8,10H,2-5H2,1H3,(H,13,14,15). The third kappa shape index (κ3) is 2.59. The molecule has 1 unspecified atom stereocenters. The predicted octanol–water partition coefficient (Wildman–Crippen LogP) is 3.07. The summed E-state index contributed by atoms with van der Waals surface area (Å²) >= 11 is 2.28. The number of hydrogen-bond acceptors (Lipinski definition) is 3. The molecule has 0 bridgehead atoms. The van der Waals surface area contributed by atoms with Crippen LogP contribution in [0.25, 0.3) is 0 Å². The van der Waals surface area contributed by atoms with E-state index in [4.69, 9.17) is 0 Å². The van der Waals surface area contributed by atoms with Gasteiger partial charge in [0.05, 0.1) is 3.57 Å². The van der Waals surface area contributed by atoms with E-state index in [9.17, 15) is 0 Å². The highest BCUT2D eigenvalue weighted by Gasteiger charge is 2.26. The monoisotopic (exact) mass is 317 g/mol. The Bertz CT molecular complexity index is 325. The van der Waals surface area contributed by atoms with Crippen LogP contribution in [0.4, 0.5) is 5.82 Å². The first-order valence-electron chi connectivity index (χ1n) is 5.53. The molecule has 0 aromatic carbocycles. The van der Waals surface area contributed by atoms with Crippen molar-refractivity contribution in [2.45, 2.75) is 38.6 Å². The second-order valence-corrected chi connectivity index (χ2v) is 5.23. The minimum Gasteiger partial charge on any atom is -0.366 e. The zero-order valence-corrected chi connectivity index (χ0v) is 11.1. The molecule has 0 amide bonds. The van der Waals surface area contributed by atoms with Crippen LogP contribution in [0.3, 0.4) is 0 Å². The van der Waals surface area contributed by atoms with E-state index < -0.39 is 0 Å². The zero-order chi connectivity index (χ0) is 10.7. The lowest BCUT2D eigenvalue weighted by Gasteiger charge is -2.34. The summed E-state index contributed by atoms with van der Waals surface area (Å²) in [6, 6.07) is 0.585. The van der Waals surface area contributed by atoms with Crippen LogP contribution in [-0.2, 0) is 0 Å². The van der Waals surface area contributed by atoms with Crippen molar-refractivity contribution in [1.29, 1.82) is 0 Å². The molecule has 0 aliphatic heterocycles. The summed E-state index contributed by atoms with van der Waals surface area (Å²) in [5, 5.41) is 3.54. The molecule has 1 N–H and O–H groups in total. The van der Waals surface area contributed by atoms with Crippen molar-refractivity contribution in [2.24, 2.45) is 5.92 Å². The van der Waals surface area contributed by atoms with E-state index in [0.717, 1.165) is 15.3 Å². The molecule has 0 radical (unpaired) electrons. The van der Waals surface area contributed by atoms with Crippen LogP contribution in [-0.4, -0.2) is 16.0 Å². The van der Waals surface area contributed by atoms with Gasteiger partial charge in [-0.15, -0.1) is 0 Å². The van der Waals surface area contributed by atoms with Gasteiger partial charge in [-0.2, -0.15) is 0 Å². The number of anilines is 1. The number of nitrogens with one attached hydrogen (secondary N) is 1. The second kappa shape index (κ2) is 5.09. The lowest BCUT2D eigenvalue weighted by atomic mass is 9.79. The fourth-order valence-electron chi connectivity index (χ4n) is 1.99. The summed E-state index contributed by atoms with van der Waals surface area (Å²) < 4.78 is 1.10. The number of hydrogen-bond donors (Lipinski definition) is 1. The highest BCUT2D eigenvalue weighted by atomic mass is 127. The fraction of sp³-hybridized carbons (Fsp3) is 0.636. The Balaban J connectivity index is 2.02. The summed E-state index contributed by atoms with van der Waals surface area (Å²) in [7, 11) is 0. The van der Waals surface area contributed by atoms with E-state index >= 15 is 0 Å². The Morgan fingerprint density at radius 3 is 2.93 bits per heavy atom. The third-order valence-electron chi connectivity index (χ3n) is 3.15. The number of nitrogens with zero attached hydrogens (tertiary/aromatic N) is 2. The Kier molecular flexibility index (Phi) is 3.77. The lowest BCUT2D eigenvalue weighted by molar-refractivity contribution is 0.270. The average molecular weight is 317 g/mol. The van der Waals surface area contributed by atoms with Gasteiger partial charge in [0.2, 0.25) is 0 Å². The predicted molar refractivity (Wildman–Crippen MR) is 69.8 cm³/mol. The van der Waals surface area contributed by atoms with Crippen LogP contribution in [0.1, 0.15) is 32.6 Å². The Morgan fingerprint density at radius 2 is 2.40 bits per heavy atom. The van der Waals surface area contributed by atoms with Gasteiger partial charge in [0.25, 0.3) is 0 Å². The van der Waals surface area contributed by atoms with E-state index in [0.29, 0.717) is 6.04 Å². The minimum absolute atomic E-state index is 0.585. The summed E-state index contributed by atoms with van der Waals surface area (Å²) in [6.07, 6.45) is 8.76. The van der Waals surface area contributed by atoms with Crippen molar-refractivity contribution >= 4 is 28.4 Å². The first-order valence-corrected chi connectivity index (χ1v) is 6.61. The fourth-order valence-corrected chi connectivity index (χ4v) is 2.45. The van der Waals surface area contributed by atoms with Gasteiger partial charge in [0.15, 0.2) is 0 Å². The van der Waals surface area contributed by atoms with Gasteiger partial charge in [-0.05, 0) is 47.8 Å². The maximum absolute atomic E-state index is 4.28. The van der Waals surface area contributed by atoms with Gasteiger partial charge in [0.1, 0.15) is 12.1 Å². The molecule has 2 rings (SSSR count). The molecule has 1 saturated carbocycles. The van der Waals surface area contributed by atoms with Gasteiger partial charge >= 0.3 is 0 Å².